The lowest BCUT2D eigenvalue weighted by molar-refractivity contribution is 0.251. The van der Waals surface area contributed by atoms with Crippen LogP contribution in [0.1, 0.15) is 27.8 Å². The number of ether oxygens (including phenoxy) is 2. The summed E-state index contributed by atoms with van der Waals surface area (Å²) in [7, 11) is 0. The van der Waals surface area contributed by atoms with Gasteiger partial charge in [-0.25, -0.2) is 4.79 Å². The molecular weight excluding hydrogens is 316 g/mol. The first kappa shape index (κ1) is 15.8. The van der Waals surface area contributed by atoms with Gasteiger partial charge in [0.05, 0.1) is 13.2 Å². The summed E-state index contributed by atoms with van der Waals surface area (Å²) in [6.45, 7) is 5.91. The molecule has 0 saturated carbocycles. The maximum atomic E-state index is 12.3. The largest absolute Gasteiger partial charge is 0.493 e. The fraction of sp³-hybridized carbons (Fsp3) is 0.350. The van der Waals surface area contributed by atoms with E-state index >= 15 is 0 Å². The summed E-state index contributed by atoms with van der Waals surface area (Å²) in [5.74, 6) is 1.87. The molecule has 5 nitrogen and oxygen atoms in total. The van der Waals surface area contributed by atoms with Gasteiger partial charge in [0, 0.05) is 41.8 Å². The van der Waals surface area contributed by atoms with Crippen LogP contribution in [-0.2, 0) is 19.4 Å². The van der Waals surface area contributed by atoms with Crippen LogP contribution in [0.4, 0.5) is 10.5 Å². The van der Waals surface area contributed by atoms with Gasteiger partial charge in [-0.3, -0.25) is 0 Å². The number of hydrogen-bond donors (Lipinski definition) is 2. The monoisotopic (exact) mass is 338 g/mol. The Morgan fingerprint density at radius 1 is 1.08 bits per heavy atom. The molecule has 2 N–H and O–H groups in total. The van der Waals surface area contributed by atoms with Crippen molar-refractivity contribution in [2.45, 2.75) is 33.2 Å². The van der Waals surface area contributed by atoms with E-state index in [0.717, 1.165) is 46.7 Å². The van der Waals surface area contributed by atoms with Crippen molar-refractivity contribution >= 4 is 11.7 Å². The molecule has 2 aliphatic rings. The number of rotatable bonds is 3. The molecule has 2 aromatic carbocycles. The zero-order valence-electron chi connectivity index (χ0n) is 14.6. The van der Waals surface area contributed by atoms with Crippen molar-refractivity contribution in [3.8, 4) is 11.5 Å². The van der Waals surface area contributed by atoms with Crippen LogP contribution in [0, 0.1) is 13.8 Å². The smallest absolute Gasteiger partial charge is 0.319 e. The molecule has 0 radical (unpaired) electrons. The van der Waals surface area contributed by atoms with E-state index < -0.39 is 0 Å². The number of anilines is 1. The first-order valence-corrected chi connectivity index (χ1v) is 8.67. The third-order valence-electron chi connectivity index (χ3n) is 4.95. The number of hydrogen-bond acceptors (Lipinski definition) is 3. The first-order chi connectivity index (χ1) is 12.1. The van der Waals surface area contributed by atoms with Gasteiger partial charge in [-0.15, -0.1) is 0 Å². The third kappa shape index (κ3) is 3.02. The van der Waals surface area contributed by atoms with E-state index in [1.165, 1.54) is 11.1 Å². The fourth-order valence-electron chi connectivity index (χ4n) is 3.44. The predicted molar refractivity (Wildman–Crippen MR) is 96.6 cm³/mol. The number of carbonyl (C=O) groups excluding carboxylic acids is 1. The lowest BCUT2D eigenvalue weighted by atomic mass is 9.99. The minimum Gasteiger partial charge on any atom is -0.493 e. The van der Waals surface area contributed by atoms with Crippen molar-refractivity contribution < 1.29 is 14.3 Å². The summed E-state index contributed by atoms with van der Waals surface area (Å²) < 4.78 is 11.5. The molecule has 0 unspecified atom stereocenters. The van der Waals surface area contributed by atoms with Crippen LogP contribution >= 0.6 is 0 Å². The molecule has 0 spiro atoms. The van der Waals surface area contributed by atoms with Crippen LogP contribution < -0.4 is 20.1 Å². The van der Waals surface area contributed by atoms with Gasteiger partial charge >= 0.3 is 6.03 Å². The summed E-state index contributed by atoms with van der Waals surface area (Å²) in [4.78, 5) is 12.3. The van der Waals surface area contributed by atoms with E-state index in [-0.39, 0.29) is 6.03 Å². The molecule has 2 heterocycles. The zero-order chi connectivity index (χ0) is 17.4. The number of urea groups is 1. The third-order valence-corrected chi connectivity index (χ3v) is 4.95. The molecule has 130 valence electrons. The molecule has 0 fully saturated rings. The predicted octanol–water partition coefficient (Wildman–Crippen LogP) is 3.49. The number of benzene rings is 2. The minimum atomic E-state index is -0.216. The highest BCUT2D eigenvalue weighted by atomic mass is 16.5. The van der Waals surface area contributed by atoms with E-state index in [4.69, 9.17) is 9.47 Å². The highest BCUT2D eigenvalue weighted by Crippen LogP contribution is 2.40. The minimum absolute atomic E-state index is 0.216. The molecule has 2 aromatic rings. The average molecular weight is 338 g/mol. The summed E-state index contributed by atoms with van der Waals surface area (Å²) in [5, 5.41) is 5.85. The van der Waals surface area contributed by atoms with Crippen LogP contribution in [0.25, 0.3) is 0 Å². The quantitative estimate of drug-likeness (QED) is 0.900. The van der Waals surface area contributed by atoms with Crippen molar-refractivity contribution in [3.63, 3.8) is 0 Å². The fourth-order valence-corrected chi connectivity index (χ4v) is 3.44. The Kier molecular flexibility index (Phi) is 3.99. The number of amides is 2. The molecule has 2 amide bonds. The number of aryl methyl sites for hydroxylation is 2. The van der Waals surface area contributed by atoms with E-state index in [0.29, 0.717) is 19.8 Å². The molecule has 25 heavy (non-hydrogen) atoms. The summed E-state index contributed by atoms with van der Waals surface area (Å²) >= 11 is 0. The van der Waals surface area contributed by atoms with E-state index in [2.05, 4.69) is 23.6 Å². The van der Waals surface area contributed by atoms with Gasteiger partial charge in [-0.2, -0.15) is 0 Å². The topological polar surface area (TPSA) is 59.6 Å². The van der Waals surface area contributed by atoms with Gasteiger partial charge < -0.3 is 20.1 Å². The molecule has 5 heteroatoms. The SMILES string of the molecule is Cc1ccc(NC(=O)NCc2c3c(cc4c2OCC4)OCC3)cc1C. The van der Waals surface area contributed by atoms with Crippen LogP contribution in [0.15, 0.2) is 24.3 Å². The summed E-state index contributed by atoms with van der Waals surface area (Å²) in [6, 6.07) is 7.77. The second-order valence-corrected chi connectivity index (χ2v) is 6.62. The standard InChI is InChI=1S/C20H22N2O3/c1-12-3-4-15(9-13(12)2)22-20(23)21-11-17-16-6-8-24-18(16)10-14-5-7-25-19(14)17/h3-4,9-10H,5-8,11H2,1-2H3,(H2,21,22,23). The zero-order valence-corrected chi connectivity index (χ0v) is 14.6. The Labute approximate surface area is 147 Å². The van der Waals surface area contributed by atoms with Gasteiger partial charge in [-0.05, 0) is 43.2 Å². The molecule has 0 aromatic heterocycles. The molecule has 2 aliphatic heterocycles. The average Bonchev–Trinajstić information content (AvgIpc) is 3.23. The van der Waals surface area contributed by atoms with Crippen LogP contribution in [0.5, 0.6) is 11.5 Å². The molecule has 4 rings (SSSR count). The van der Waals surface area contributed by atoms with Crippen molar-refractivity contribution in [2.24, 2.45) is 0 Å². The van der Waals surface area contributed by atoms with Gasteiger partial charge in [0.1, 0.15) is 11.5 Å². The molecule has 0 aliphatic carbocycles. The lowest BCUT2D eigenvalue weighted by Crippen LogP contribution is -2.28. The van der Waals surface area contributed by atoms with Gasteiger partial charge in [0.15, 0.2) is 0 Å². The van der Waals surface area contributed by atoms with Crippen molar-refractivity contribution in [3.05, 3.63) is 52.1 Å². The van der Waals surface area contributed by atoms with Gasteiger partial charge in [0.2, 0.25) is 0 Å². The van der Waals surface area contributed by atoms with Gasteiger partial charge in [-0.1, -0.05) is 6.07 Å². The van der Waals surface area contributed by atoms with Crippen LogP contribution in [0.3, 0.4) is 0 Å². The van der Waals surface area contributed by atoms with Crippen LogP contribution in [0.2, 0.25) is 0 Å². The number of fused-ring (bicyclic) bond motifs is 2. The van der Waals surface area contributed by atoms with E-state index in [1.807, 2.05) is 25.1 Å². The Morgan fingerprint density at radius 3 is 2.76 bits per heavy atom. The Bertz CT molecular complexity index is 813. The Hall–Kier alpha value is -2.69. The lowest BCUT2D eigenvalue weighted by Gasteiger charge is -2.14. The summed E-state index contributed by atoms with van der Waals surface area (Å²) in [5.41, 5.74) is 6.54. The van der Waals surface area contributed by atoms with Crippen molar-refractivity contribution in [1.29, 1.82) is 0 Å². The Balaban J connectivity index is 1.48. The van der Waals surface area contributed by atoms with E-state index in [1.54, 1.807) is 0 Å². The molecular formula is C20H22N2O3. The first-order valence-electron chi connectivity index (χ1n) is 8.67. The van der Waals surface area contributed by atoms with E-state index in [9.17, 15) is 4.79 Å². The maximum Gasteiger partial charge on any atom is 0.319 e. The molecule has 0 atom stereocenters. The second-order valence-electron chi connectivity index (χ2n) is 6.62. The number of nitrogens with one attached hydrogen (secondary N) is 2. The Morgan fingerprint density at radius 2 is 1.92 bits per heavy atom. The maximum absolute atomic E-state index is 12.3. The highest BCUT2D eigenvalue weighted by molar-refractivity contribution is 5.89. The highest BCUT2D eigenvalue weighted by Gasteiger charge is 2.26. The van der Waals surface area contributed by atoms with Gasteiger partial charge in [0.25, 0.3) is 0 Å². The molecule has 0 saturated heterocycles. The van der Waals surface area contributed by atoms with Crippen LogP contribution in [-0.4, -0.2) is 19.2 Å². The van der Waals surface area contributed by atoms with Crippen molar-refractivity contribution in [1.82, 2.24) is 5.32 Å². The normalized spacial score (nSPS) is 14.3. The van der Waals surface area contributed by atoms with Crippen molar-refractivity contribution in [2.75, 3.05) is 18.5 Å². The number of carbonyl (C=O) groups is 1. The summed E-state index contributed by atoms with van der Waals surface area (Å²) in [6.07, 6.45) is 1.76. The molecule has 0 bridgehead atoms. The second kappa shape index (κ2) is 6.31.